The molecule has 0 saturated carbocycles. The summed E-state index contributed by atoms with van der Waals surface area (Å²) < 4.78 is 0. The number of Topliss-reactive ketones (excluding diaryl/α,β-unsaturated/α-hetero) is 2. The van der Waals surface area contributed by atoms with Gasteiger partial charge in [-0.15, -0.1) is 0 Å². The number of rotatable bonds is 0. The van der Waals surface area contributed by atoms with Crippen molar-refractivity contribution in [1.82, 2.24) is 0 Å². The van der Waals surface area contributed by atoms with Crippen LogP contribution in [0.3, 0.4) is 0 Å². The molecule has 0 aromatic carbocycles. The standard InChI is InChI=1S/C10H12O2.C8H12.Ni/c1-5-6(2)10(12)8(4)7(3)9(5)11;1-2-4-6-8-7-5-3-1;/h1-4H3;1-2,7-8H,3-6H2;/b;2-1-,8-7-;. The van der Waals surface area contributed by atoms with E-state index in [0.717, 1.165) is 0 Å². The van der Waals surface area contributed by atoms with Crippen molar-refractivity contribution in [3.63, 3.8) is 0 Å². The number of carbonyl (C=O) groups excluding carboxylic acids is 2. The van der Waals surface area contributed by atoms with E-state index < -0.39 is 0 Å². The fourth-order valence-corrected chi connectivity index (χ4v) is 2.10. The molecule has 0 radical (unpaired) electrons. The average molecular weight is 331 g/mol. The molecule has 0 atom stereocenters. The van der Waals surface area contributed by atoms with Gasteiger partial charge in [-0.2, -0.15) is 0 Å². The summed E-state index contributed by atoms with van der Waals surface area (Å²) in [5.74, 6) is 0.00852. The molecule has 21 heavy (non-hydrogen) atoms. The first-order valence-corrected chi connectivity index (χ1v) is 7.21. The third-order valence-corrected chi connectivity index (χ3v) is 3.82. The van der Waals surface area contributed by atoms with Gasteiger partial charge in [0.25, 0.3) is 0 Å². The van der Waals surface area contributed by atoms with Crippen molar-refractivity contribution in [3.05, 3.63) is 46.6 Å². The Morgan fingerprint density at radius 2 is 0.762 bits per heavy atom. The van der Waals surface area contributed by atoms with E-state index in [1.54, 1.807) is 27.7 Å². The van der Waals surface area contributed by atoms with Crippen LogP contribution >= 0.6 is 0 Å². The Labute approximate surface area is 138 Å². The third kappa shape index (κ3) is 5.59. The van der Waals surface area contributed by atoms with Crippen molar-refractivity contribution in [3.8, 4) is 0 Å². The summed E-state index contributed by atoms with van der Waals surface area (Å²) in [7, 11) is 0. The molecular formula is C18H24NiO2. The maximum Gasteiger partial charge on any atom is 0.185 e. The molecule has 0 N–H and O–H groups in total. The van der Waals surface area contributed by atoms with Gasteiger partial charge in [0, 0.05) is 38.8 Å². The van der Waals surface area contributed by atoms with Crippen molar-refractivity contribution in [2.75, 3.05) is 0 Å². The molecular weight excluding hydrogens is 307 g/mol. The Morgan fingerprint density at radius 1 is 0.571 bits per heavy atom. The minimum Gasteiger partial charge on any atom is -0.289 e. The number of hydrogen-bond acceptors (Lipinski definition) is 2. The van der Waals surface area contributed by atoms with Crippen LogP contribution in [-0.4, -0.2) is 11.6 Å². The molecule has 0 spiro atoms. The zero-order valence-corrected chi connectivity index (χ0v) is 14.3. The monoisotopic (exact) mass is 330 g/mol. The van der Waals surface area contributed by atoms with Crippen molar-refractivity contribution in [2.45, 2.75) is 53.4 Å². The molecule has 0 aliphatic heterocycles. The minimum absolute atomic E-state index is 0. The zero-order valence-electron chi connectivity index (χ0n) is 13.3. The van der Waals surface area contributed by atoms with Gasteiger partial charge in [-0.25, -0.2) is 0 Å². The van der Waals surface area contributed by atoms with E-state index in [4.69, 9.17) is 0 Å². The van der Waals surface area contributed by atoms with Crippen LogP contribution in [0.5, 0.6) is 0 Å². The topological polar surface area (TPSA) is 34.1 Å². The van der Waals surface area contributed by atoms with Crippen LogP contribution < -0.4 is 0 Å². The van der Waals surface area contributed by atoms with E-state index in [9.17, 15) is 9.59 Å². The Bertz CT molecular complexity index is 431. The van der Waals surface area contributed by atoms with Gasteiger partial charge in [-0.1, -0.05) is 24.3 Å². The van der Waals surface area contributed by atoms with E-state index in [1.807, 2.05) is 0 Å². The first-order chi connectivity index (χ1) is 9.46. The van der Waals surface area contributed by atoms with Crippen molar-refractivity contribution in [1.29, 1.82) is 0 Å². The number of allylic oxidation sites excluding steroid dienone is 8. The quantitative estimate of drug-likeness (QED) is 0.373. The fourth-order valence-electron chi connectivity index (χ4n) is 2.10. The Hall–Kier alpha value is -1.21. The van der Waals surface area contributed by atoms with E-state index in [-0.39, 0.29) is 28.1 Å². The van der Waals surface area contributed by atoms with Gasteiger partial charge >= 0.3 is 0 Å². The second kappa shape index (κ2) is 9.68. The normalized spacial score (nSPS) is 21.7. The number of hydrogen-bond donors (Lipinski definition) is 0. The molecule has 0 heterocycles. The Balaban J connectivity index is 0.000000390. The Morgan fingerprint density at radius 3 is 0.952 bits per heavy atom. The van der Waals surface area contributed by atoms with Crippen molar-refractivity contribution < 1.29 is 26.1 Å². The molecule has 0 amide bonds. The summed E-state index contributed by atoms with van der Waals surface area (Å²) in [5, 5.41) is 0. The third-order valence-electron chi connectivity index (χ3n) is 3.82. The minimum atomic E-state index is 0. The summed E-state index contributed by atoms with van der Waals surface area (Å²) in [5.41, 5.74) is 2.34. The van der Waals surface area contributed by atoms with Crippen LogP contribution in [0.1, 0.15) is 53.4 Å². The van der Waals surface area contributed by atoms with Crippen LogP contribution in [0.15, 0.2) is 46.6 Å². The largest absolute Gasteiger partial charge is 0.289 e. The van der Waals surface area contributed by atoms with Crippen LogP contribution in [0.4, 0.5) is 0 Å². The summed E-state index contributed by atoms with van der Waals surface area (Å²) in [6, 6.07) is 0. The van der Waals surface area contributed by atoms with Crippen LogP contribution in [0, 0.1) is 0 Å². The van der Waals surface area contributed by atoms with Gasteiger partial charge in [-0.05, 0) is 53.4 Å². The molecule has 2 aliphatic carbocycles. The van der Waals surface area contributed by atoms with Crippen LogP contribution in [0.25, 0.3) is 0 Å². The predicted molar refractivity (Wildman–Crippen MR) is 83.5 cm³/mol. The molecule has 0 saturated heterocycles. The first kappa shape index (κ1) is 19.8. The molecule has 3 heteroatoms. The van der Waals surface area contributed by atoms with Gasteiger partial charge in [0.05, 0.1) is 0 Å². The van der Waals surface area contributed by atoms with E-state index in [2.05, 4.69) is 24.3 Å². The van der Waals surface area contributed by atoms with Gasteiger partial charge in [-0.3, -0.25) is 9.59 Å². The molecule has 2 aliphatic rings. The summed E-state index contributed by atoms with van der Waals surface area (Å²) in [6.07, 6.45) is 14.0. The molecule has 118 valence electrons. The van der Waals surface area contributed by atoms with Crippen LogP contribution in [0.2, 0.25) is 0 Å². The molecule has 0 unspecified atom stereocenters. The molecule has 2 rings (SSSR count). The van der Waals surface area contributed by atoms with Gasteiger partial charge in [0.1, 0.15) is 0 Å². The smallest absolute Gasteiger partial charge is 0.185 e. The van der Waals surface area contributed by atoms with Crippen molar-refractivity contribution >= 4 is 11.6 Å². The van der Waals surface area contributed by atoms with Gasteiger partial charge in [0.2, 0.25) is 0 Å². The second-order valence-electron chi connectivity index (χ2n) is 5.26. The number of ketones is 2. The molecule has 0 bridgehead atoms. The molecule has 0 aromatic heterocycles. The maximum absolute atomic E-state index is 11.4. The molecule has 0 fully saturated rings. The summed E-state index contributed by atoms with van der Waals surface area (Å²) in [6.45, 7) is 6.80. The number of carbonyl (C=O) groups is 2. The summed E-state index contributed by atoms with van der Waals surface area (Å²) >= 11 is 0. The predicted octanol–water partition coefficient (Wildman–Crippen LogP) is 4.48. The van der Waals surface area contributed by atoms with Gasteiger partial charge < -0.3 is 0 Å². The van der Waals surface area contributed by atoms with Gasteiger partial charge in [0.15, 0.2) is 11.6 Å². The Kier molecular flexibility index (Phi) is 9.12. The van der Waals surface area contributed by atoms with E-state index in [1.165, 1.54) is 25.7 Å². The maximum atomic E-state index is 11.4. The molecule has 2 nitrogen and oxygen atoms in total. The van der Waals surface area contributed by atoms with E-state index >= 15 is 0 Å². The fraction of sp³-hybridized carbons (Fsp3) is 0.444. The average Bonchev–Trinajstić information content (AvgIpc) is 2.41. The first-order valence-electron chi connectivity index (χ1n) is 7.21. The second-order valence-corrected chi connectivity index (χ2v) is 5.26. The SMILES string of the molecule is C1=C\CC/C=C\CC/1.CC1=C(C)C(=O)C(C)=C(C)C1=O.[Ni]. The van der Waals surface area contributed by atoms with E-state index in [0.29, 0.717) is 22.3 Å². The summed E-state index contributed by atoms with van der Waals surface area (Å²) in [4.78, 5) is 22.8. The molecule has 0 aromatic rings. The van der Waals surface area contributed by atoms with Crippen molar-refractivity contribution in [2.24, 2.45) is 0 Å². The zero-order chi connectivity index (χ0) is 15.1. The van der Waals surface area contributed by atoms with Crippen LogP contribution in [-0.2, 0) is 26.1 Å².